The Hall–Kier alpha value is -2.36. The quantitative estimate of drug-likeness (QED) is 0.734. The molecular weight excluding hydrogens is 256 g/mol. The van der Waals surface area contributed by atoms with Crippen LogP contribution in [-0.2, 0) is 6.42 Å². The van der Waals surface area contributed by atoms with Gasteiger partial charge in [0, 0.05) is 17.5 Å². The minimum absolute atomic E-state index is 0.152. The zero-order valence-electron chi connectivity index (χ0n) is 11.4. The maximum absolute atomic E-state index is 12.4. The molecule has 4 nitrogen and oxygen atoms in total. The van der Waals surface area contributed by atoms with Crippen LogP contribution >= 0.6 is 0 Å². The second kappa shape index (κ2) is 4.63. The van der Waals surface area contributed by atoms with Crippen LogP contribution in [0.1, 0.15) is 51.1 Å². The van der Waals surface area contributed by atoms with Gasteiger partial charge < -0.3 is 9.15 Å². The summed E-state index contributed by atoms with van der Waals surface area (Å²) in [5.74, 6) is 0.964. The maximum Gasteiger partial charge on any atom is 0.229 e. The smallest absolute Gasteiger partial charge is 0.229 e. The largest absolute Gasteiger partial charge is 0.497 e. The molecule has 0 amide bonds. The third kappa shape index (κ3) is 1.76. The van der Waals surface area contributed by atoms with Crippen molar-refractivity contribution in [1.29, 1.82) is 0 Å². The number of ether oxygens (including phenoxy) is 1. The molecule has 0 atom stereocenters. The number of furan rings is 1. The molecule has 0 radical (unpaired) electrons. The van der Waals surface area contributed by atoms with Crippen LogP contribution in [0.3, 0.4) is 0 Å². The predicted molar refractivity (Wildman–Crippen MR) is 72.6 cm³/mol. The lowest BCUT2D eigenvalue weighted by molar-refractivity contribution is 0.0959. The van der Waals surface area contributed by atoms with Crippen LogP contribution in [0.25, 0.3) is 0 Å². The summed E-state index contributed by atoms with van der Waals surface area (Å²) in [5.41, 5.74) is 1.13. The van der Waals surface area contributed by atoms with Crippen LogP contribution in [0, 0.1) is 0 Å². The Morgan fingerprint density at radius 1 is 1.05 bits per heavy atom. The van der Waals surface area contributed by atoms with Crippen molar-refractivity contribution in [2.24, 2.45) is 0 Å². The summed E-state index contributed by atoms with van der Waals surface area (Å²) >= 11 is 0. The molecular formula is C16H14O4. The number of fused-ring (bicyclic) bond motifs is 2. The molecule has 1 aliphatic rings. The first-order valence-corrected chi connectivity index (χ1v) is 6.55. The van der Waals surface area contributed by atoms with E-state index in [-0.39, 0.29) is 17.3 Å². The summed E-state index contributed by atoms with van der Waals surface area (Å²) in [7, 11) is 1.52. The summed E-state index contributed by atoms with van der Waals surface area (Å²) in [6, 6.07) is 6.58. The van der Waals surface area contributed by atoms with Gasteiger partial charge in [-0.25, -0.2) is 0 Å². The van der Waals surface area contributed by atoms with Crippen LogP contribution in [0.2, 0.25) is 0 Å². The molecule has 0 unspecified atom stereocenters. The average molecular weight is 270 g/mol. The number of hydrogen-bond acceptors (Lipinski definition) is 4. The molecule has 1 heterocycles. The van der Waals surface area contributed by atoms with Gasteiger partial charge in [-0.15, -0.1) is 0 Å². The number of ketones is 2. The molecule has 1 aromatic heterocycles. The van der Waals surface area contributed by atoms with Crippen molar-refractivity contribution < 1.29 is 18.7 Å². The highest BCUT2D eigenvalue weighted by Crippen LogP contribution is 2.32. The number of hydrogen-bond donors (Lipinski definition) is 0. The Labute approximate surface area is 116 Å². The first-order chi connectivity index (χ1) is 9.65. The number of carbonyl (C=O) groups excluding carboxylic acids is 2. The molecule has 1 aliphatic carbocycles. The molecule has 20 heavy (non-hydrogen) atoms. The molecule has 0 saturated heterocycles. The first-order valence-electron chi connectivity index (χ1n) is 6.55. The van der Waals surface area contributed by atoms with Gasteiger partial charge in [-0.3, -0.25) is 9.59 Å². The molecule has 3 rings (SSSR count). The van der Waals surface area contributed by atoms with Crippen molar-refractivity contribution in [2.75, 3.05) is 7.11 Å². The fourth-order valence-corrected chi connectivity index (χ4v) is 2.45. The fraction of sp³-hybridized carbons (Fsp3) is 0.250. The van der Waals surface area contributed by atoms with Crippen molar-refractivity contribution in [3.8, 4) is 5.75 Å². The molecule has 0 N–H and O–H groups in total. The van der Waals surface area contributed by atoms with E-state index in [9.17, 15) is 9.59 Å². The first kappa shape index (κ1) is 12.7. The lowest BCUT2D eigenvalue weighted by atomic mass is 9.88. The molecule has 0 bridgehead atoms. The minimum Gasteiger partial charge on any atom is -0.497 e. The molecule has 4 heteroatoms. The molecule has 2 aromatic rings. The van der Waals surface area contributed by atoms with Gasteiger partial charge in [-0.05, 0) is 30.7 Å². The van der Waals surface area contributed by atoms with E-state index in [0.717, 1.165) is 6.42 Å². The highest BCUT2D eigenvalue weighted by atomic mass is 16.5. The van der Waals surface area contributed by atoms with Gasteiger partial charge in [0.25, 0.3) is 0 Å². The van der Waals surface area contributed by atoms with Crippen molar-refractivity contribution in [1.82, 2.24) is 0 Å². The molecule has 102 valence electrons. The number of methoxy groups -OCH3 is 1. The molecule has 0 aliphatic heterocycles. The van der Waals surface area contributed by atoms with E-state index in [0.29, 0.717) is 34.6 Å². The van der Waals surface area contributed by atoms with Crippen LogP contribution in [0.5, 0.6) is 5.75 Å². The zero-order chi connectivity index (χ0) is 14.3. The minimum atomic E-state index is -0.254. The van der Waals surface area contributed by atoms with Gasteiger partial charge in [0.1, 0.15) is 11.5 Å². The third-order valence-corrected chi connectivity index (χ3v) is 3.45. The molecule has 1 aromatic carbocycles. The normalized spacial score (nSPS) is 13.1. The van der Waals surface area contributed by atoms with Crippen LogP contribution in [0.15, 0.2) is 28.7 Å². The Balaban J connectivity index is 2.14. The van der Waals surface area contributed by atoms with Gasteiger partial charge in [0.15, 0.2) is 11.5 Å². The second-order valence-electron chi connectivity index (χ2n) is 4.78. The van der Waals surface area contributed by atoms with E-state index in [1.807, 2.05) is 6.92 Å². The lowest BCUT2D eigenvalue weighted by Gasteiger charge is -2.13. The average Bonchev–Trinajstić information content (AvgIpc) is 2.89. The van der Waals surface area contributed by atoms with E-state index >= 15 is 0 Å². The fourth-order valence-electron chi connectivity index (χ4n) is 2.45. The van der Waals surface area contributed by atoms with Gasteiger partial charge in [-0.2, -0.15) is 0 Å². The number of rotatable bonds is 3. The van der Waals surface area contributed by atoms with E-state index in [4.69, 9.17) is 9.15 Å². The summed E-state index contributed by atoms with van der Waals surface area (Å²) < 4.78 is 10.6. The predicted octanol–water partition coefficient (Wildman–Crippen LogP) is 3.02. The van der Waals surface area contributed by atoms with Crippen molar-refractivity contribution >= 4 is 11.6 Å². The second-order valence-corrected chi connectivity index (χ2v) is 4.78. The van der Waals surface area contributed by atoms with E-state index < -0.39 is 0 Å². The van der Waals surface area contributed by atoms with Crippen LogP contribution < -0.4 is 4.74 Å². The summed E-state index contributed by atoms with van der Waals surface area (Å²) in [6.07, 6.45) is 1.61. The van der Waals surface area contributed by atoms with Crippen molar-refractivity contribution in [3.63, 3.8) is 0 Å². The standard InChI is InChI=1S/C16H14O4/c1-3-4-10-8-13-14(17)11-6-5-9(19-2)7-12(11)15(18)16(13)20-10/h5-8H,3-4H2,1-2H3. The number of aryl methyl sites for hydroxylation is 1. The van der Waals surface area contributed by atoms with Gasteiger partial charge >= 0.3 is 0 Å². The van der Waals surface area contributed by atoms with E-state index in [1.54, 1.807) is 24.3 Å². The number of carbonyl (C=O) groups is 2. The van der Waals surface area contributed by atoms with Gasteiger partial charge in [0.05, 0.1) is 12.7 Å². The third-order valence-electron chi connectivity index (χ3n) is 3.45. The number of benzene rings is 1. The Morgan fingerprint density at radius 3 is 2.55 bits per heavy atom. The topological polar surface area (TPSA) is 56.5 Å². The Bertz CT molecular complexity index is 709. The Kier molecular flexibility index (Phi) is 2.93. The SMILES string of the molecule is CCCc1cc2c(o1)C(=O)c1cc(OC)ccc1C2=O. The van der Waals surface area contributed by atoms with Gasteiger partial charge in [0.2, 0.25) is 5.78 Å². The monoisotopic (exact) mass is 270 g/mol. The summed E-state index contributed by atoms with van der Waals surface area (Å²) in [5, 5.41) is 0. The highest BCUT2D eigenvalue weighted by molar-refractivity contribution is 6.27. The Morgan fingerprint density at radius 2 is 1.85 bits per heavy atom. The van der Waals surface area contributed by atoms with E-state index in [2.05, 4.69) is 0 Å². The van der Waals surface area contributed by atoms with Crippen LogP contribution in [-0.4, -0.2) is 18.7 Å². The zero-order valence-corrected chi connectivity index (χ0v) is 11.4. The highest BCUT2D eigenvalue weighted by Gasteiger charge is 2.33. The van der Waals surface area contributed by atoms with Gasteiger partial charge in [-0.1, -0.05) is 6.92 Å². The van der Waals surface area contributed by atoms with E-state index in [1.165, 1.54) is 7.11 Å². The van der Waals surface area contributed by atoms with Crippen molar-refractivity contribution in [3.05, 3.63) is 52.5 Å². The summed E-state index contributed by atoms with van der Waals surface area (Å²) in [6.45, 7) is 2.02. The maximum atomic E-state index is 12.4. The van der Waals surface area contributed by atoms with Crippen LogP contribution in [0.4, 0.5) is 0 Å². The lowest BCUT2D eigenvalue weighted by Crippen LogP contribution is -2.19. The summed E-state index contributed by atoms with van der Waals surface area (Å²) in [4.78, 5) is 24.9. The molecule has 0 fully saturated rings. The van der Waals surface area contributed by atoms with Crippen molar-refractivity contribution in [2.45, 2.75) is 19.8 Å². The molecule has 0 spiro atoms. The molecule has 0 saturated carbocycles.